The summed E-state index contributed by atoms with van der Waals surface area (Å²) in [6.45, 7) is 3.64. The summed E-state index contributed by atoms with van der Waals surface area (Å²) in [7, 11) is 0. The van der Waals surface area contributed by atoms with E-state index in [0.29, 0.717) is 5.56 Å². The number of halogens is 2. The van der Waals surface area contributed by atoms with Crippen LogP contribution < -0.4 is 5.32 Å². The Morgan fingerprint density at radius 3 is 2.32 bits per heavy atom. The maximum atomic E-state index is 13.0. The molecule has 0 aliphatic heterocycles. The first-order chi connectivity index (χ1) is 8.97. The summed E-state index contributed by atoms with van der Waals surface area (Å²) in [4.78, 5) is 0. The van der Waals surface area contributed by atoms with Crippen molar-refractivity contribution in [3.05, 3.63) is 59.2 Å². The van der Waals surface area contributed by atoms with Crippen molar-refractivity contribution in [3.63, 3.8) is 0 Å². The maximum absolute atomic E-state index is 13.0. The molecule has 2 rings (SSSR count). The molecule has 0 saturated heterocycles. The molecule has 2 aromatic carbocycles. The van der Waals surface area contributed by atoms with Crippen LogP contribution in [0.3, 0.4) is 0 Å². The molecule has 2 nitrogen and oxygen atoms in total. The molecule has 0 aromatic heterocycles. The summed E-state index contributed by atoms with van der Waals surface area (Å²) >= 11 is 0. The van der Waals surface area contributed by atoms with Gasteiger partial charge in [0.05, 0.1) is 6.04 Å². The van der Waals surface area contributed by atoms with Gasteiger partial charge in [0.25, 0.3) is 0 Å². The molecule has 0 amide bonds. The van der Waals surface area contributed by atoms with Crippen LogP contribution in [0.25, 0.3) is 0 Å². The highest BCUT2D eigenvalue weighted by Gasteiger charge is 2.12. The topological polar surface area (TPSA) is 32.3 Å². The molecule has 100 valence electrons. The highest BCUT2D eigenvalue weighted by Crippen LogP contribution is 2.28. The largest absolute Gasteiger partial charge is 0.507 e. The number of phenols is 1. The predicted molar refractivity (Wildman–Crippen MR) is 71.2 cm³/mol. The normalized spacial score (nSPS) is 12.2. The molecule has 0 saturated carbocycles. The van der Waals surface area contributed by atoms with Crippen LogP contribution in [0.2, 0.25) is 0 Å². The Kier molecular flexibility index (Phi) is 3.69. The molecule has 0 fully saturated rings. The number of anilines is 1. The molecule has 2 aromatic rings. The van der Waals surface area contributed by atoms with Crippen molar-refractivity contribution in [1.29, 1.82) is 0 Å². The summed E-state index contributed by atoms with van der Waals surface area (Å²) in [6.07, 6.45) is 0. The predicted octanol–water partition coefficient (Wildman–Crippen LogP) is 4.15. The van der Waals surface area contributed by atoms with Gasteiger partial charge in [-0.1, -0.05) is 6.07 Å². The average molecular weight is 263 g/mol. The molecule has 0 heterocycles. The van der Waals surface area contributed by atoms with Gasteiger partial charge in [-0.2, -0.15) is 0 Å². The Labute approximate surface area is 110 Å². The van der Waals surface area contributed by atoms with E-state index in [-0.39, 0.29) is 17.6 Å². The van der Waals surface area contributed by atoms with Crippen molar-refractivity contribution in [1.82, 2.24) is 0 Å². The first kappa shape index (κ1) is 13.3. The highest BCUT2D eigenvalue weighted by molar-refractivity contribution is 5.53. The minimum Gasteiger partial charge on any atom is -0.507 e. The van der Waals surface area contributed by atoms with Crippen molar-refractivity contribution < 1.29 is 13.9 Å². The number of hydrogen-bond acceptors (Lipinski definition) is 2. The Morgan fingerprint density at radius 2 is 1.68 bits per heavy atom. The van der Waals surface area contributed by atoms with Crippen LogP contribution in [0.1, 0.15) is 24.1 Å². The Balaban J connectivity index is 2.23. The highest BCUT2D eigenvalue weighted by atomic mass is 19.1. The number of benzene rings is 2. The summed E-state index contributed by atoms with van der Waals surface area (Å²) in [5.74, 6) is -0.869. The van der Waals surface area contributed by atoms with E-state index in [1.807, 2.05) is 6.92 Å². The van der Waals surface area contributed by atoms with E-state index in [2.05, 4.69) is 5.32 Å². The van der Waals surface area contributed by atoms with Gasteiger partial charge in [0.1, 0.15) is 17.4 Å². The fourth-order valence-corrected chi connectivity index (χ4v) is 1.98. The van der Waals surface area contributed by atoms with Crippen molar-refractivity contribution >= 4 is 5.69 Å². The fraction of sp³-hybridized carbons (Fsp3) is 0.200. The lowest BCUT2D eigenvalue weighted by atomic mass is 10.1. The van der Waals surface area contributed by atoms with Crippen molar-refractivity contribution in [2.75, 3.05) is 5.32 Å². The SMILES string of the molecule is Cc1cc(F)ccc1NC(C)c1ccc(F)cc1O. The minimum absolute atomic E-state index is 0.0974. The Hall–Kier alpha value is -2.10. The van der Waals surface area contributed by atoms with Crippen LogP contribution in [0, 0.1) is 18.6 Å². The van der Waals surface area contributed by atoms with Crippen LogP contribution in [-0.4, -0.2) is 5.11 Å². The van der Waals surface area contributed by atoms with Crippen molar-refractivity contribution in [2.45, 2.75) is 19.9 Å². The van der Waals surface area contributed by atoms with E-state index >= 15 is 0 Å². The third-order valence-corrected chi connectivity index (χ3v) is 3.02. The van der Waals surface area contributed by atoms with Crippen molar-refractivity contribution in [3.8, 4) is 5.75 Å². The van der Waals surface area contributed by atoms with E-state index in [0.717, 1.165) is 17.3 Å². The molecular formula is C15H15F2NO. The van der Waals surface area contributed by atoms with Gasteiger partial charge in [-0.15, -0.1) is 0 Å². The van der Waals surface area contributed by atoms with Crippen molar-refractivity contribution in [2.24, 2.45) is 0 Å². The van der Waals surface area contributed by atoms with Gasteiger partial charge in [-0.25, -0.2) is 8.78 Å². The van der Waals surface area contributed by atoms with E-state index < -0.39 is 5.82 Å². The first-order valence-corrected chi connectivity index (χ1v) is 5.98. The molecule has 0 aliphatic rings. The number of rotatable bonds is 3. The second-order valence-corrected chi connectivity index (χ2v) is 4.53. The lowest BCUT2D eigenvalue weighted by molar-refractivity contribution is 0.459. The number of aromatic hydroxyl groups is 1. The Morgan fingerprint density at radius 1 is 1.05 bits per heavy atom. The van der Waals surface area contributed by atoms with Crippen LogP contribution in [0.15, 0.2) is 36.4 Å². The molecule has 1 unspecified atom stereocenters. The molecule has 19 heavy (non-hydrogen) atoms. The number of hydrogen-bond donors (Lipinski definition) is 2. The molecule has 1 atom stereocenters. The van der Waals surface area contributed by atoms with Gasteiger partial charge < -0.3 is 10.4 Å². The molecule has 0 radical (unpaired) electrons. The van der Waals surface area contributed by atoms with Gasteiger partial charge in [0.2, 0.25) is 0 Å². The molecular weight excluding hydrogens is 248 g/mol. The van der Waals surface area contributed by atoms with Crippen LogP contribution in [-0.2, 0) is 0 Å². The second kappa shape index (κ2) is 5.26. The third kappa shape index (κ3) is 3.02. The Bertz CT molecular complexity index is 599. The number of nitrogens with one attached hydrogen (secondary N) is 1. The van der Waals surface area contributed by atoms with E-state index in [1.165, 1.54) is 24.3 Å². The first-order valence-electron chi connectivity index (χ1n) is 5.98. The summed E-state index contributed by atoms with van der Waals surface area (Å²) in [5, 5.41) is 12.9. The second-order valence-electron chi connectivity index (χ2n) is 4.53. The van der Waals surface area contributed by atoms with Gasteiger partial charge in [0.15, 0.2) is 0 Å². The molecule has 0 bridgehead atoms. The van der Waals surface area contributed by atoms with Crippen LogP contribution in [0.5, 0.6) is 5.75 Å². The zero-order valence-electron chi connectivity index (χ0n) is 10.7. The zero-order chi connectivity index (χ0) is 14.0. The van der Waals surface area contributed by atoms with Gasteiger partial charge in [-0.3, -0.25) is 0 Å². The molecule has 4 heteroatoms. The number of aryl methyl sites for hydroxylation is 1. The summed E-state index contributed by atoms with van der Waals surface area (Å²) < 4.78 is 25.9. The van der Waals surface area contributed by atoms with E-state index in [1.54, 1.807) is 13.0 Å². The summed E-state index contributed by atoms with van der Waals surface area (Å²) in [6, 6.07) is 8.12. The zero-order valence-corrected chi connectivity index (χ0v) is 10.7. The van der Waals surface area contributed by atoms with E-state index in [9.17, 15) is 13.9 Å². The van der Waals surface area contributed by atoms with Gasteiger partial charge in [0, 0.05) is 17.3 Å². The smallest absolute Gasteiger partial charge is 0.126 e. The monoisotopic (exact) mass is 263 g/mol. The van der Waals surface area contributed by atoms with Crippen LogP contribution in [0.4, 0.5) is 14.5 Å². The lowest BCUT2D eigenvalue weighted by Crippen LogP contribution is -2.08. The third-order valence-electron chi connectivity index (χ3n) is 3.02. The van der Waals surface area contributed by atoms with Gasteiger partial charge >= 0.3 is 0 Å². The molecule has 0 aliphatic carbocycles. The molecule has 2 N–H and O–H groups in total. The minimum atomic E-state index is -0.480. The maximum Gasteiger partial charge on any atom is 0.126 e. The van der Waals surface area contributed by atoms with Gasteiger partial charge in [-0.05, 0) is 43.7 Å². The lowest BCUT2D eigenvalue weighted by Gasteiger charge is -2.18. The fourth-order valence-electron chi connectivity index (χ4n) is 1.98. The quantitative estimate of drug-likeness (QED) is 0.871. The molecule has 0 spiro atoms. The average Bonchev–Trinajstić information content (AvgIpc) is 2.32. The van der Waals surface area contributed by atoms with E-state index in [4.69, 9.17) is 0 Å². The standard InChI is InChI=1S/C15H15F2NO/c1-9-7-11(16)4-6-14(9)18-10(2)13-5-3-12(17)8-15(13)19/h3-8,10,18-19H,1-2H3. The van der Waals surface area contributed by atoms with Crippen LogP contribution >= 0.6 is 0 Å². The number of phenolic OH excluding ortho intramolecular Hbond substituents is 1. The summed E-state index contributed by atoms with van der Waals surface area (Å²) in [5.41, 5.74) is 2.14.